The zero-order chi connectivity index (χ0) is 20.2. The molecule has 8 heteroatoms. The largest absolute Gasteiger partial charge is 0.487 e. The van der Waals surface area contributed by atoms with Gasteiger partial charge in [-0.05, 0) is 36.4 Å². The van der Waals surface area contributed by atoms with Crippen molar-refractivity contribution in [3.05, 3.63) is 82.4 Å². The molecule has 1 N–H and O–H groups in total. The van der Waals surface area contributed by atoms with Crippen LogP contribution in [0.25, 0.3) is 5.65 Å². The van der Waals surface area contributed by atoms with Crippen molar-refractivity contribution >= 4 is 34.5 Å². The second-order valence-electron chi connectivity index (χ2n) is 6.12. The lowest BCUT2D eigenvalue weighted by Gasteiger charge is -2.08. The number of thiophene rings is 1. The quantitative estimate of drug-likeness (QED) is 0.488. The van der Waals surface area contributed by atoms with Gasteiger partial charge in [0.2, 0.25) is 0 Å². The van der Waals surface area contributed by atoms with Gasteiger partial charge in [0.05, 0.1) is 17.7 Å². The maximum Gasteiger partial charge on any atom is 0.348 e. The number of methoxy groups -OCH3 is 1. The van der Waals surface area contributed by atoms with E-state index in [1.165, 1.54) is 7.11 Å². The highest BCUT2D eigenvalue weighted by atomic mass is 32.1. The lowest BCUT2D eigenvalue weighted by Crippen LogP contribution is -2.10. The fourth-order valence-corrected chi connectivity index (χ4v) is 3.56. The smallest absolute Gasteiger partial charge is 0.348 e. The molecule has 29 heavy (non-hydrogen) atoms. The first kappa shape index (κ1) is 18.7. The summed E-state index contributed by atoms with van der Waals surface area (Å²) in [5.74, 6) is -0.152. The van der Waals surface area contributed by atoms with Crippen LogP contribution in [0, 0.1) is 0 Å². The maximum absolute atomic E-state index is 12.4. The average Bonchev–Trinajstić information content (AvgIpc) is 3.39. The number of anilines is 1. The third-order valence-corrected chi connectivity index (χ3v) is 5.17. The SMILES string of the molecule is COC(=O)c1ccc(C(=O)Nc2cccc(OCc3cn4ccccc4n3)c2)s1. The van der Waals surface area contributed by atoms with Crippen molar-refractivity contribution in [2.75, 3.05) is 12.4 Å². The monoisotopic (exact) mass is 407 g/mol. The van der Waals surface area contributed by atoms with Crippen molar-refractivity contribution in [2.45, 2.75) is 6.61 Å². The highest BCUT2D eigenvalue weighted by molar-refractivity contribution is 7.16. The Bertz CT molecular complexity index is 1150. The molecule has 0 unspecified atom stereocenters. The molecule has 3 heterocycles. The predicted octanol–water partition coefficient (Wildman–Crippen LogP) is 4.01. The molecule has 0 bridgehead atoms. The number of nitrogens with zero attached hydrogens (tertiary/aromatic N) is 2. The zero-order valence-corrected chi connectivity index (χ0v) is 16.3. The molecule has 4 aromatic rings. The van der Waals surface area contributed by atoms with Crippen molar-refractivity contribution in [2.24, 2.45) is 0 Å². The minimum Gasteiger partial charge on any atom is -0.487 e. The van der Waals surface area contributed by atoms with Gasteiger partial charge in [-0.15, -0.1) is 11.3 Å². The Balaban J connectivity index is 1.41. The maximum atomic E-state index is 12.4. The summed E-state index contributed by atoms with van der Waals surface area (Å²) in [4.78, 5) is 29.2. The Morgan fingerprint density at radius 3 is 2.79 bits per heavy atom. The molecule has 3 aromatic heterocycles. The molecule has 0 aliphatic rings. The lowest BCUT2D eigenvalue weighted by molar-refractivity contribution is 0.0606. The summed E-state index contributed by atoms with van der Waals surface area (Å²) in [5.41, 5.74) is 2.25. The molecule has 0 atom stereocenters. The van der Waals surface area contributed by atoms with Crippen molar-refractivity contribution in [3.63, 3.8) is 0 Å². The number of carbonyl (C=O) groups is 2. The molecule has 7 nitrogen and oxygen atoms in total. The normalized spacial score (nSPS) is 10.7. The number of hydrogen-bond donors (Lipinski definition) is 1. The Morgan fingerprint density at radius 2 is 1.97 bits per heavy atom. The van der Waals surface area contributed by atoms with Gasteiger partial charge in [0.15, 0.2) is 0 Å². The molecule has 1 aromatic carbocycles. The number of nitrogens with one attached hydrogen (secondary N) is 1. The third kappa shape index (κ3) is 4.27. The molecule has 0 aliphatic carbocycles. The van der Waals surface area contributed by atoms with Gasteiger partial charge in [0.1, 0.15) is 22.9 Å². The summed E-state index contributed by atoms with van der Waals surface area (Å²) in [6, 6.07) is 16.1. The lowest BCUT2D eigenvalue weighted by atomic mass is 10.3. The van der Waals surface area contributed by atoms with E-state index in [-0.39, 0.29) is 5.91 Å². The van der Waals surface area contributed by atoms with Gasteiger partial charge >= 0.3 is 5.97 Å². The second kappa shape index (κ2) is 8.15. The summed E-state index contributed by atoms with van der Waals surface area (Å²) in [7, 11) is 1.31. The minimum absolute atomic E-state index is 0.303. The van der Waals surface area contributed by atoms with Crippen LogP contribution in [0.15, 0.2) is 67.0 Å². The van der Waals surface area contributed by atoms with Gasteiger partial charge in [-0.25, -0.2) is 9.78 Å². The molecule has 4 rings (SSSR count). The van der Waals surface area contributed by atoms with Crippen LogP contribution < -0.4 is 10.1 Å². The van der Waals surface area contributed by atoms with E-state index in [9.17, 15) is 9.59 Å². The molecule has 0 radical (unpaired) electrons. The number of carbonyl (C=O) groups excluding carboxylic acids is 2. The van der Waals surface area contributed by atoms with Crippen molar-refractivity contribution in [1.82, 2.24) is 9.38 Å². The molecule has 1 amide bonds. The third-order valence-electron chi connectivity index (χ3n) is 4.11. The average molecular weight is 407 g/mol. The standard InChI is InChI=1S/C21H17N3O4S/c1-27-21(26)18-9-8-17(29-18)20(25)23-14-5-4-6-16(11-14)28-13-15-12-24-10-3-2-7-19(24)22-15/h2-12H,13H2,1H3,(H,23,25). The summed E-state index contributed by atoms with van der Waals surface area (Å²) in [6.07, 6.45) is 3.84. The second-order valence-corrected chi connectivity index (χ2v) is 7.21. The van der Waals surface area contributed by atoms with Crippen LogP contribution in [0.4, 0.5) is 5.69 Å². The van der Waals surface area contributed by atoms with E-state index in [1.807, 2.05) is 41.1 Å². The number of ether oxygens (including phenoxy) is 2. The molecule has 146 valence electrons. The van der Waals surface area contributed by atoms with Crippen molar-refractivity contribution in [3.8, 4) is 5.75 Å². The Labute approximate surface area is 170 Å². The van der Waals surface area contributed by atoms with Crippen molar-refractivity contribution in [1.29, 1.82) is 0 Å². The summed E-state index contributed by atoms with van der Waals surface area (Å²) in [5, 5.41) is 2.81. The summed E-state index contributed by atoms with van der Waals surface area (Å²) in [6.45, 7) is 0.312. The van der Waals surface area contributed by atoms with E-state index in [1.54, 1.807) is 30.3 Å². The van der Waals surface area contributed by atoms with Crippen LogP contribution >= 0.6 is 11.3 Å². The van der Waals surface area contributed by atoms with Crippen molar-refractivity contribution < 1.29 is 19.1 Å². The van der Waals surface area contributed by atoms with Crippen LogP contribution in [0.2, 0.25) is 0 Å². The van der Waals surface area contributed by atoms with Gasteiger partial charge in [0.25, 0.3) is 5.91 Å². The van der Waals surface area contributed by atoms with E-state index < -0.39 is 5.97 Å². The van der Waals surface area contributed by atoms with Gasteiger partial charge in [0, 0.05) is 24.1 Å². The number of benzene rings is 1. The van der Waals surface area contributed by atoms with Crippen LogP contribution in [-0.4, -0.2) is 28.4 Å². The van der Waals surface area contributed by atoms with Crippen LogP contribution in [-0.2, 0) is 11.3 Å². The fourth-order valence-electron chi connectivity index (χ4n) is 2.74. The predicted molar refractivity (Wildman–Crippen MR) is 110 cm³/mol. The molecular formula is C21H17N3O4S. The topological polar surface area (TPSA) is 81.9 Å². The van der Waals surface area contributed by atoms with E-state index in [0.29, 0.717) is 27.8 Å². The van der Waals surface area contributed by atoms with E-state index in [2.05, 4.69) is 15.0 Å². The Hall–Kier alpha value is -3.65. The number of imidazole rings is 1. The Morgan fingerprint density at radius 1 is 1.10 bits per heavy atom. The summed E-state index contributed by atoms with van der Waals surface area (Å²) < 4.78 is 12.4. The van der Waals surface area contributed by atoms with Gasteiger partial charge in [-0.2, -0.15) is 0 Å². The first-order chi connectivity index (χ1) is 14.1. The van der Waals surface area contributed by atoms with Crippen LogP contribution in [0.5, 0.6) is 5.75 Å². The number of amides is 1. The molecule has 0 saturated heterocycles. The minimum atomic E-state index is -0.462. The van der Waals surface area contributed by atoms with Crippen LogP contribution in [0.1, 0.15) is 25.0 Å². The Kier molecular flexibility index (Phi) is 5.26. The van der Waals surface area contributed by atoms with Crippen LogP contribution in [0.3, 0.4) is 0 Å². The number of rotatable bonds is 6. The van der Waals surface area contributed by atoms with E-state index in [4.69, 9.17) is 4.74 Å². The molecule has 0 saturated carbocycles. The number of fused-ring (bicyclic) bond motifs is 1. The van der Waals surface area contributed by atoms with Gasteiger partial charge < -0.3 is 19.2 Å². The molecular weight excluding hydrogens is 390 g/mol. The number of hydrogen-bond acceptors (Lipinski definition) is 6. The van der Waals surface area contributed by atoms with Gasteiger partial charge in [-0.3, -0.25) is 4.79 Å². The number of pyridine rings is 1. The number of aromatic nitrogens is 2. The summed E-state index contributed by atoms with van der Waals surface area (Å²) >= 11 is 1.08. The highest BCUT2D eigenvalue weighted by Crippen LogP contribution is 2.22. The van der Waals surface area contributed by atoms with E-state index >= 15 is 0 Å². The molecule has 0 aliphatic heterocycles. The highest BCUT2D eigenvalue weighted by Gasteiger charge is 2.14. The van der Waals surface area contributed by atoms with Gasteiger partial charge in [-0.1, -0.05) is 12.1 Å². The first-order valence-corrected chi connectivity index (χ1v) is 9.59. The number of esters is 1. The van der Waals surface area contributed by atoms with E-state index in [0.717, 1.165) is 22.7 Å². The molecule has 0 fully saturated rings. The zero-order valence-electron chi connectivity index (χ0n) is 15.5. The first-order valence-electron chi connectivity index (χ1n) is 8.77. The molecule has 0 spiro atoms. The fraction of sp³-hybridized carbons (Fsp3) is 0.0952.